The van der Waals surface area contributed by atoms with Crippen LogP contribution in [0.4, 0.5) is 0 Å². The minimum Gasteiger partial charge on any atom is -0.481 e. The predicted octanol–water partition coefficient (Wildman–Crippen LogP) is 0.534. The topological polar surface area (TPSA) is 85.4 Å². The molecule has 5 heteroatoms. The van der Waals surface area contributed by atoms with Gasteiger partial charge in [-0.15, -0.1) is 0 Å². The van der Waals surface area contributed by atoms with Crippen LogP contribution < -0.4 is 10.5 Å². The summed E-state index contributed by atoms with van der Waals surface area (Å²) in [6.07, 6.45) is 3.15. The Morgan fingerprint density at radius 3 is 2.88 bits per heavy atom. The highest BCUT2D eigenvalue weighted by Crippen LogP contribution is 2.52. The van der Waals surface area contributed by atoms with E-state index in [1.807, 2.05) is 6.07 Å². The minimum atomic E-state index is -0.983. The summed E-state index contributed by atoms with van der Waals surface area (Å²) >= 11 is 0. The molecule has 0 bridgehead atoms. The largest absolute Gasteiger partial charge is 0.481 e. The van der Waals surface area contributed by atoms with E-state index in [1.54, 1.807) is 12.3 Å². The molecule has 0 spiro atoms. The molecule has 0 amide bonds. The molecule has 1 aliphatic carbocycles. The molecule has 86 valence electrons. The first kappa shape index (κ1) is 10.9. The van der Waals surface area contributed by atoms with Gasteiger partial charge < -0.3 is 15.6 Å². The number of aromatic nitrogens is 1. The second-order valence-electron chi connectivity index (χ2n) is 4.03. The Hall–Kier alpha value is -1.62. The molecular weight excluding hydrogens is 208 g/mol. The molecule has 1 aromatic heterocycles. The average Bonchev–Trinajstić information content (AvgIpc) is 3.09. The zero-order valence-corrected chi connectivity index (χ0v) is 9.01. The fourth-order valence-electron chi connectivity index (χ4n) is 2.05. The molecule has 1 aliphatic rings. The van der Waals surface area contributed by atoms with Crippen molar-refractivity contribution >= 4 is 5.97 Å². The van der Waals surface area contributed by atoms with Crippen LogP contribution in [0.15, 0.2) is 18.3 Å². The van der Waals surface area contributed by atoms with Crippen LogP contribution in [-0.4, -0.2) is 29.2 Å². The van der Waals surface area contributed by atoms with E-state index in [-0.39, 0.29) is 0 Å². The van der Waals surface area contributed by atoms with E-state index in [0.29, 0.717) is 5.88 Å². The van der Waals surface area contributed by atoms with E-state index >= 15 is 0 Å². The lowest BCUT2D eigenvalue weighted by Crippen LogP contribution is -2.42. The van der Waals surface area contributed by atoms with Gasteiger partial charge in [-0.2, -0.15) is 0 Å². The molecule has 5 nitrogen and oxygen atoms in total. The number of ether oxygens (including phenoxy) is 1. The van der Waals surface area contributed by atoms with Crippen molar-refractivity contribution in [2.45, 2.75) is 24.3 Å². The van der Waals surface area contributed by atoms with E-state index in [1.165, 1.54) is 7.11 Å². The van der Waals surface area contributed by atoms with Crippen LogP contribution in [0.2, 0.25) is 0 Å². The summed E-state index contributed by atoms with van der Waals surface area (Å²) in [5.74, 6) is -0.514. The van der Waals surface area contributed by atoms with Crippen LogP contribution in [0.1, 0.15) is 18.4 Å². The van der Waals surface area contributed by atoms with Gasteiger partial charge in [-0.05, 0) is 18.9 Å². The lowest BCUT2D eigenvalue weighted by Gasteiger charge is -2.21. The summed E-state index contributed by atoms with van der Waals surface area (Å²) in [6.45, 7) is 0. The maximum Gasteiger partial charge on any atom is 0.321 e. The highest BCUT2D eigenvalue weighted by molar-refractivity contribution is 5.77. The number of hydrogen-bond acceptors (Lipinski definition) is 4. The SMILES string of the molecule is COc1ncccc1C1(C(N)C(=O)O)CC1. The first-order valence-electron chi connectivity index (χ1n) is 5.10. The fraction of sp³-hybridized carbons (Fsp3) is 0.455. The molecule has 1 aromatic rings. The van der Waals surface area contributed by atoms with Crippen molar-refractivity contribution in [2.75, 3.05) is 7.11 Å². The van der Waals surface area contributed by atoms with Gasteiger partial charge >= 0.3 is 5.97 Å². The number of carboxylic acid groups (broad SMARTS) is 1. The number of nitrogens with two attached hydrogens (primary N) is 1. The second-order valence-corrected chi connectivity index (χ2v) is 4.03. The van der Waals surface area contributed by atoms with E-state index in [2.05, 4.69) is 4.98 Å². The van der Waals surface area contributed by atoms with Gasteiger partial charge in [0.05, 0.1) is 7.11 Å². The van der Waals surface area contributed by atoms with Crippen LogP contribution in [0.25, 0.3) is 0 Å². The van der Waals surface area contributed by atoms with Crippen LogP contribution in [0, 0.1) is 0 Å². The summed E-state index contributed by atoms with van der Waals surface area (Å²) in [5.41, 5.74) is 6.03. The Bertz CT molecular complexity index is 415. The maximum absolute atomic E-state index is 11.0. The Labute approximate surface area is 93.2 Å². The number of carboxylic acids is 1. The van der Waals surface area contributed by atoms with Gasteiger partial charge in [0.1, 0.15) is 6.04 Å². The number of rotatable bonds is 4. The third kappa shape index (κ3) is 1.53. The summed E-state index contributed by atoms with van der Waals surface area (Å²) in [4.78, 5) is 15.0. The quantitative estimate of drug-likeness (QED) is 0.776. The molecule has 1 fully saturated rings. The smallest absolute Gasteiger partial charge is 0.321 e. The number of carbonyl (C=O) groups is 1. The first-order valence-corrected chi connectivity index (χ1v) is 5.10. The molecule has 3 N–H and O–H groups in total. The summed E-state index contributed by atoms with van der Waals surface area (Å²) in [5, 5.41) is 9.00. The van der Waals surface area contributed by atoms with Crippen molar-refractivity contribution in [3.05, 3.63) is 23.9 Å². The normalized spacial score (nSPS) is 18.9. The van der Waals surface area contributed by atoms with Crippen molar-refractivity contribution in [1.82, 2.24) is 4.98 Å². The van der Waals surface area contributed by atoms with Crippen molar-refractivity contribution in [2.24, 2.45) is 5.73 Å². The zero-order valence-electron chi connectivity index (χ0n) is 9.01. The second kappa shape index (κ2) is 3.75. The molecule has 0 saturated heterocycles. The predicted molar refractivity (Wildman–Crippen MR) is 57.3 cm³/mol. The summed E-state index contributed by atoms with van der Waals surface area (Å²) in [6, 6.07) is 2.71. The number of pyridine rings is 1. The first-order chi connectivity index (χ1) is 7.62. The fourth-order valence-corrected chi connectivity index (χ4v) is 2.05. The van der Waals surface area contributed by atoms with Crippen molar-refractivity contribution in [1.29, 1.82) is 0 Å². The lowest BCUT2D eigenvalue weighted by molar-refractivity contribution is -0.139. The van der Waals surface area contributed by atoms with Gasteiger partial charge in [-0.3, -0.25) is 4.79 Å². The molecule has 2 rings (SSSR count). The van der Waals surface area contributed by atoms with E-state index < -0.39 is 17.4 Å². The zero-order chi connectivity index (χ0) is 11.8. The molecule has 0 aromatic carbocycles. The van der Waals surface area contributed by atoms with Gasteiger partial charge in [0.15, 0.2) is 0 Å². The highest BCUT2D eigenvalue weighted by Gasteiger charge is 2.54. The Kier molecular flexibility index (Phi) is 2.55. The molecule has 0 radical (unpaired) electrons. The Morgan fingerprint density at radius 2 is 2.38 bits per heavy atom. The van der Waals surface area contributed by atoms with Gasteiger partial charge in [0.25, 0.3) is 0 Å². The molecular formula is C11H14N2O3. The third-order valence-electron chi connectivity index (χ3n) is 3.15. The number of hydrogen-bond donors (Lipinski definition) is 2. The van der Waals surface area contributed by atoms with Gasteiger partial charge in [-0.1, -0.05) is 6.07 Å². The monoisotopic (exact) mass is 222 g/mol. The average molecular weight is 222 g/mol. The number of nitrogens with zero attached hydrogens (tertiary/aromatic N) is 1. The molecule has 1 atom stereocenters. The van der Waals surface area contributed by atoms with Gasteiger partial charge in [0.2, 0.25) is 5.88 Å². The van der Waals surface area contributed by atoms with E-state index in [0.717, 1.165) is 18.4 Å². The minimum absolute atomic E-state index is 0.469. The van der Waals surface area contributed by atoms with Gasteiger partial charge in [0, 0.05) is 17.2 Å². The number of methoxy groups -OCH3 is 1. The number of aliphatic carboxylic acids is 1. The standard InChI is InChI=1S/C11H14N2O3/c1-16-9-7(3-2-6-13-9)11(4-5-11)8(12)10(14)15/h2-3,6,8H,4-5,12H2,1H3,(H,14,15). The van der Waals surface area contributed by atoms with Gasteiger partial charge in [-0.25, -0.2) is 4.98 Å². The summed E-state index contributed by atoms with van der Waals surface area (Å²) < 4.78 is 5.14. The van der Waals surface area contributed by atoms with Crippen molar-refractivity contribution < 1.29 is 14.6 Å². The Balaban J connectivity index is 2.40. The summed E-state index contributed by atoms with van der Waals surface area (Å²) in [7, 11) is 1.52. The molecule has 1 unspecified atom stereocenters. The maximum atomic E-state index is 11.0. The van der Waals surface area contributed by atoms with E-state index in [9.17, 15) is 4.79 Å². The van der Waals surface area contributed by atoms with Crippen LogP contribution >= 0.6 is 0 Å². The van der Waals surface area contributed by atoms with Crippen molar-refractivity contribution in [3.63, 3.8) is 0 Å². The molecule has 0 aliphatic heterocycles. The Morgan fingerprint density at radius 1 is 1.69 bits per heavy atom. The van der Waals surface area contributed by atoms with Crippen molar-refractivity contribution in [3.8, 4) is 5.88 Å². The third-order valence-corrected chi connectivity index (χ3v) is 3.15. The van der Waals surface area contributed by atoms with Crippen LogP contribution in [-0.2, 0) is 10.2 Å². The van der Waals surface area contributed by atoms with E-state index in [4.69, 9.17) is 15.6 Å². The molecule has 16 heavy (non-hydrogen) atoms. The van der Waals surface area contributed by atoms with Crippen LogP contribution in [0.3, 0.4) is 0 Å². The molecule has 1 heterocycles. The molecule has 1 saturated carbocycles. The highest BCUT2D eigenvalue weighted by atomic mass is 16.5. The van der Waals surface area contributed by atoms with Crippen LogP contribution in [0.5, 0.6) is 5.88 Å². The lowest BCUT2D eigenvalue weighted by atomic mass is 9.89.